The number of anilines is 1. The number of nitrogens with zero attached hydrogens (tertiary/aromatic N) is 2. The molecule has 0 bridgehead atoms. The molecule has 12 heavy (non-hydrogen) atoms. The summed E-state index contributed by atoms with van der Waals surface area (Å²) in [6.45, 7) is 0. The average molecular weight is 164 g/mol. The minimum absolute atomic E-state index is 0.393. The van der Waals surface area contributed by atoms with Gasteiger partial charge in [0, 0.05) is 6.07 Å². The van der Waals surface area contributed by atoms with Gasteiger partial charge < -0.3 is 10.5 Å². The number of nitrogen functional groups attached to an aromatic ring is 1. The summed E-state index contributed by atoms with van der Waals surface area (Å²) in [7, 11) is 1.56. The van der Waals surface area contributed by atoms with Gasteiger partial charge in [-0.25, -0.2) is 4.98 Å². The number of H-pyrrole nitrogens is 1. The van der Waals surface area contributed by atoms with Gasteiger partial charge in [-0.3, -0.25) is 5.10 Å². The first-order valence-corrected chi connectivity index (χ1v) is 3.46. The predicted molar refractivity (Wildman–Crippen MR) is 44.9 cm³/mol. The van der Waals surface area contributed by atoms with E-state index >= 15 is 0 Å². The van der Waals surface area contributed by atoms with E-state index in [0.29, 0.717) is 17.2 Å². The van der Waals surface area contributed by atoms with Gasteiger partial charge in [0.25, 0.3) is 0 Å². The molecule has 2 aromatic heterocycles. The molecular weight excluding hydrogens is 156 g/mol. The molecule has 0 saturated heterocycles. The molecule has 0 aromatic carbocycles. The van der Waals surface area contributed by atoms with Crippen LogP contribution in [0.2, 0.25) is 0 Å². The quantitative estimate of drug-likeness (QED) is 0.645. The van der Waals surface area contributed by atoms with E-state index < -0.39 is 0 Å². The van der Waals surface area contributed by atoms with Crippen molar-refractivity contribution in [2.24, 2.45) is 0 Å². The Balaban J connectivity index is 2.71. The zero-order valence-corrected chi connectivity index (χ0v) is 6.53. The minimum atomic E-state index is 0.393. The van der Waals surface area contributed by atoms with Crippen LogP contribution in [0, 0.1) is 0 Å². The molecule has 5 heteroatoms. The number of aromatic amines is 1. The first-order chi connectivity index (χ1) is 5.81. The Hall–Kier alpha value is -1.78. The van der Waals surface area contributed by atoms with Crippen molar-refractivity contribution in [1.82, 2.24) is 15.2 Å². The molecule has 0 spiro atoms. The van der Waals surface area contributed by atoms with Crippen molar-refractivity contribution in [3.8, 4) is 5.88 Å². The summed E-state index contributed by atoms with van der Waals surface area (Å²) in [5.41, 5.74) is 7.00. The smallest absolute Gasteiger partial charge is 0.213 e. The maximum Gasteiger partial charge on any atom is 0.213 e. The molecule has 3 N–H and O–H groups in total. The number of nitrogens with two attached hydrogens (primary N) is 1. The topological polar surface area (TPSA) is 76.8 Å². The van der Waals surface area contributed by atoms with Crippen LogP contribution in [0.1, 0.15) is 0 Å². The van der Waals surface area contributed by atoms with Crippen molar-refractivity contribution >= 4 is 16.9 Å². The fraction of sp³-hybridized carbons (Fsp3) is 0.143. The number of hydrogen-bond acceptors (Lipinski definition) is 4. The van der Waals surface area contributed by atoms with Gasteiger partial charge in [-0.15, -0.1) is 0 Å². The normalized spacial score (nSPS) is 10.4. The van der Waals surface area contributed by atoms with E-state index in [4.69, 9.17) is 10.5 Å². The molecule has 0 aliphatic carbocycles. The van der Waals surface area contributed by atoms with E-state index in [1.54, 1.807) is 13.2 Å². The number of methoxy groups -OCH3 is 1. The van der Waals surface area contributed by atoms with Gasteiger partial charge in [-0.1, -0.05) is 0 Å². The Morgan fingerprint density at radius 2 is 2.33 bits per heavy atom. The van der Waals surface area contributed by atoms with Crippen molar-refractivity contribution in [3.05, 3.63) is 12.1 Å². The summed E-state index contributed by atoms with van der Waals surface area (Å²) in [5.74, 6) is 0.930. The average Bonchev–Trinajstić information content (AvgIpc) is 2.47. The maximum atomic E-state index is 5.54. The SMILES string of the molecule is COc1ccc2[nH]nc(N)c2n1. The Morgan fingerprint density at radius 1 is 1.50 bits per heavy atom. The van der Waals surface area contributed by atoms with Gasteiger partial charge in [-0.2, -0.15) is 5.10 Å². The van der Waals surface area contributed by atoms with Gasteiger partial charge >= 0.3 is 0 Å². The number of rotatable bonds is 1. The summed E-state index contributed by atoms with van der Waals surface area (Å²) in [4.78, 5) is 4.11. The zero-order chi connectivity index (χ0) is 8.55. The Labute approximate surface area is 68.5 Å². The molecule has 0 fully saturated rings. The van der Waals surface area contributed by atoms with Crippen LogP contribution in [0.3, 0.4) is 0 Å². The highest BCUT2D eigenvalue weighted by atomic mass is 16.5. The van der Waals surface area contributed by atoms with Crippen LogP contribution in [-0.2, 0) is 0 Å². The maximum absolute atomic E-state index is 5.54. The molecule has 2 rings (SSSR count). The Kier molecular flexibility index (Phi) is 1.36. The molecule has 0 radical (unpaired) electrons. The van der Waals surface area contributed by atoms with Crippen molar-refractivity contribution in [1.29, 1.82) is 0 Å². The van der Waals surface area contributed by atoms with Crippen LogP contribution in [0.25, 0.3) is 11.0 Å². The summed E-state index contributed by atoms with van der Waals surface area (Å²) in [6, 6.07) is 3.57. The second-order valence-electron chi connectivity index (χ2n) is 2.36. The summed E-state index contributed by atoms with van der Waals surface area (Å²) in [5, 5.41) is 6.55. The Morgan fingerprint density at radius 3 is 3.08 bits per heavy atom. The zero-order valence-electron chi connectivity index (χ0n) is 6.53. The predicted octanol–water partition coefficient (Wildman–Crippen LogP) is 0.549. The number of pyridine rings is 1. The van der Waals surface area contributed by atoms with Crippen LogP contribution in [0.4, 0.5) is 5.82 Å². The highest BCUT2D eigenvalue weighted by molar-refractivity contribution is 5.84. The van der Waals surface area contributed by atoms with Gasteiger partial charge in [0.1, 0.15) is 5.52 Å². The standard InChI is InChI=1S/C7H8N4O/c1-12-5-3-2-4-6(9-5)7(8)11-10-4/h2-3H,1H3,(H3,8,10,11). The molecule has 0 amide bonds. The summed E-state index contributed by atoms with van der Waals surface area (Å²) >= 11 is 0. The third kappa shape index (κ3) is 0.868. The fourth-order valence-electron chi connectivity index (χ4n) is 1.01. The van der Waals surface area contributed by atoms with Crippen LogP contribution in [-0.4, -0.2) is 22.3 Å². The summed E-state index contributed by atoms with van der Waals surface area (Å²) < 4.78 is 4.94. The summed E-state index contributed by atoms with van der Waals surface area (Å²) in [6.07, 6.45) is 0. The van der Waals surface area contributed by atoms with Crippen molar-refractivity contribution < 1.29 is 4.74 Å². The highest BCUT2D eigenvalue weighted by Crippen LogP contribution is 2.18. The number of fused-ring (bicyclic) bond motifs is 1. The molecule has 0 aliphatic heterocycles. The second kappa shape index (κ2) is 2.37. The molecule has 0 aliphatic rings. The molecular formula is C7H8N4O. The Bertz CT molecular complexity index is 409. The molecule has 0 saturated carbocycles. The largest absolute Gasteiger partial charge is 0.481 e. The molecule has 62 valence electrons. The van der Waals surface area contributed by atoms with Crippen LogP contribution < -0.4 is 10.5 Å². The molecule has 2 heterocycles. The van der Waals surface area contributed by atoms with E-state index in [9.17, 15) is 0 Å². The number of nitrogens with one attached hydrogen (secondary N) is 1. The van der Waals surface area contributed by atoms with Crippen LogP contribution >= 0.6 is 0 Å². The van der Waals surface area contributed by atoms with E-state index in [1.807, 2.05) is 6.07 Å². The molecule has 2 aromatic rings. The lowest BCUT2D eigenvalue weighted by Gasteiger charge is -1.96. The number of aromatic nitrogens is 3. The van der Waals surface area contributed by atoms with E-state index in [0.717, 1.165) is 5.52 Å². The van der Waals surface area contributed by atoms with Gasteiger partial charge in [-0.05, 0) is 6.07 Å². The van der Waals surface area contributed by atoms with Gasteiger partial charge in [0.15, 0.2) is 5.82 Å². The van der Waals surface area contributed by atoms with Crippen molar-refractivity contribution in [3.63, 3.8) is 0 Å². The van der Waals surface area contributed by atoms with E-state index in [2.05, 4.69) is 15.2 Å². The van der Waals surface area contributed by atoms with Gasteiger partial charge in [0.05, 0.1) is 12.6 Å². The van der Waals surface area contributed by atoms with Crippen LogP contribution in [0.15, 0.2) is 12.1 Å². The van der Waals surface area contributed by atoms with E-state index in [1.165, 1.54) is 0 Å². The highest BCUT2D eigenvalue weighted by Gasteiger charge is 2.03. The molecule has 0 atom stereocenters. The fourth-order valence-corrected chi connectivity index (χ4v) is 1.01. The lowest BCUT2D eigenvalue weighted by molar-refractivity contribution is 0.399. The molecule has 0 unspecified atom stereocenters. The lowest BCUT2D eigenvalue weighted by atomic mass is 10.4. The van der Waals surface area contributed by atoms with E-state index in [-0.39, 0.29) is 0 Å². The monoisotopic (exact) mass is 164 g/mol. The minimum Gasteiger partial charge on any atom is -0.481 e. The lowest BCUT2D eigenvalue weighted by Crippen LogP contribution is -1.89. The molecule has 5 nitrogen and oxygen atoms in total. The van der Waals surface area contributed by atoms with Crippen molar-refractivity contribution in [2.75, 3.05) is 12.8 Å². The number of hydrogen-bond donors (Lipinski definition) is 2. The second-order valence-corrected chi connectivity index (χ2v) is 2.36. The van der Waals surface area contributed by atoms with Crippen LogP contribution in [0.5, 0.6) is 5.88 Å². The first-order valence-electron chi connectivity index (χ1n) is 3.46. The third-order valence-electron chi connectivity index (χ3n) is 1.62. The third-order valence-corrected chi connectivity index (χ3v) is 1.62. The number of ether oxygens (including phenoxy) is 1. The van der Waals surface area contributed by atoms with Gasteiger partial charge in [0.2, 0.25) is 5.88 Å². The first kappa shape index (κ1) is 6.90. The van der Waals surface area contributed by atoms with Crippen molar-refractivity contribution in [2.45, 2.75) is 0 Å².